The molecule has 6 heteroatoms. The van der Waals surface area contributed by atoms with Crippen molar-refractivity contribution in [2.75, 3.05) is 20.3 Å². The van der Waals surface area contributed by atoms with Gasteiger partial charge in [0.1, 0.15) is 6.26 Å². The molecule has 1 unspecified atom stereocenters. The Morgan fingerprint density at radius 2 is 2.12 bits per heavy atom. The van der Waals surface area contributed by atoms with Gasteiger partial charge in [0.15, 0.2) is 5.69 Å². The molecule has 1 aromatic heterocycles. The number of methoxy groups -OCH3 is 1. The summed E-state index contributed by atoms with van der Waals surface area (Å²) >= 11 is 0. The first-order chi connectivity index (χ1) is 12.5. The van der Waals surface area contributed by atoms with Crippen LogP contribution in [0.15, 0.2) is 34.9 Å². The Bertz CT molecular complexity index is 699. The molecule has 1 N–H and O–H groups in total. The van der Waals surface area contributed by atoms with Crippen LogP contribution in [0.1, 0.15) is 47.8 Å². The zero-order valence-electron chi connectivity index (χ0n) is 16.1. The van der Waals surface area contributed by atoms with E-state index in [9.17, 15) is 4.79 Å². The van der Waals surface area contributed by atoms with E-state index in [1.807, 2.05) is 0 Å². The van der Waals surface area contributed by atoms with Crippen molar-refractivity contribution < 1.29 is 13.9 Å². The third kappa shape index (κ3) is 5.68. The normalized spacial score (nSPS) is 12.3. The lowest BCUT2D eigenvalue weighted by molar-refractivity contribution is 0.0932. The van der Waals surface area contributed by atoms with E-state index in [1.165, 1.54) is 17.4 Å². The maximum absolute atomic E-state index is 12.0. The zero-order chi connectivity index (χ0) is 18.9. The highest BCUT2D eigenvalue weighted by atomic mass is 16.5. The first-order valence-electron chi connectivity index (χ1n) is 9.05. The maximum Gasteiger partial charge on any atom is 0.273 e. The molecule has 0 spiro atoms. The average Bonchev–Trinajstić information content (AvgIpc) is 3.11. The van der Waals surface area contributed by atoms with Gasteiger partial charge in [-0.2, -0.15) is 0 Å². The molecule has 0 saturated heterocycles. The van der Waals surface area contributed by atoms with Gasteiger partial charge in [-0.05, 0) is 31.4 Å². The van der Waals surface area contributed by atoms with Crippen LogP contribution in [0.2, 0.25) is 0 Å². The average molecular weight is 359 g/mol. The maximum atomic E-state index is 12.0. The molecule has 0 fully saturated rings. The molecule has 0 radical (unpaired) electrons. The highest BCUT2D eigenvalue weighted by Gasteiger charge is 2.18. The number of ether oxygens (including phenoxy) is 1. The van der Waals surface area contributed by atoms with Crippen LogP contribution >= 0.6 is 0 Å². The largest absolute Gasteiger partial charge is 0.447 e. The van der Waals surface area contributed by atoms with E-state index in [2.05, 4.69) is 60.2 Å². The van der Waals surface area contributed by atoms with Crippen molar-refractivity contribution in [3.8, 4) is 0 Å². The van der Waals surface area contributed by atoms with Crippen molar-refractivity contribution in [2.45, 2.75) is 46.3 Å². The van der Waals surface area contributed by atoms with Gasteiger partial charge < -0.3 is 14.5 Å². The van der Waals surface area contributed by atoms with Crippen molar-refractivity contribution >= 4 is 5.91 Å². The van der Waals surface area contributed by atoms with Gasteiger partial charge in [0, 0.05) is 26.2 Å². The lowest BCUT2D eigenvalue weighted by Crippen LogP contribution is -2.32. The number of aromatic nitrogens is 1. The van der Waals surface area contributed by atoms with Gasteiger partial charge in [-0.25, -0.2) is 4.98 Å². The minimum Gasteiger partial charge on any atom is -0.447 e. The van der Waals surface area contributed by atoms with Gasteiger partial charge in [-0.15, -0.1) is 0 Å². The fourth-order valence-electron chi connectivity index (χ4n) is 2.65. The van der Waals surface area contributed by atoms with Crippen molar-refractivity contribution in [1.29, 1.82) is 0 Å². The second-order valence-electron chi connectivity index (χ2n) is 6.46. The van der Waals surface area contributed by atoms with E-state index < -0.39 is 0 Å². The number of nitrogens with zero attached hydrogens (tertiary/aromatic N) is 2. The van der Waals surface area contributed by atoms with Crippen LogP contribution in [0.5, 0.6) is 0 Å². The predicted octanol–water partition coefficient (Wildman–Crippen LogP) is 3.16. The van der Waals surface area contributed by atoms with Crippen LogP contribution in [0, 0.1) is 6.92 Å². The minimum absolute atomic E-state index is 0.244. The second kappa shape index (κ2) is 10.1. The van der Waals surface area contributed by atoms with Gasteiger partial charge in [-0.1, -0.05) is 31.2 Å². The van der Waals surface area contributed by atoms with Crippen LogP contribution in [0.25, 0.3) is 0 Å². The van der Waals surface area contributed by atoms with Crippen LogP contribution in [-0.4, -0.2) is 42.1 Å². The number of amides is 1. The molecule has 0 aliphatic heterocycles. The first kappa shape index (κ1) is 20.1. The van der Waals surface area contributed by atoms with Crippen molar-refractivity contribution in [3.63, 3.8) is 0 Å². The molecule has 0 bridgehead atoms. The summed E-state index contributed by atoms with van der Waals surface area (Å²) in [4.78, 5) is 18.7. The quantitative estimate of drug-likeness (QED) is 0.660. The third-order valence-electron chi connectivity index (χ3n) is 4.56. The summed E-state index contributed by atoms with van der Waals surface area (Å²) in [6.45, 7) is 8.78. The number of hydrogen-bond acceptors (Lipinski definition) is 5. The summed E-state index contributed by atoms with van der Waals surface area (Å²) in [5, 5.41) is 2.75. The Balaban J connectivity index is 2.04. The Labute approximate surface area is 155 Å². The van der Waals surface area contributed by atoms with Gasteiger partial charge in [0.05, 0.1) is 13.2 Å². The SMILES string of the molecule is CCC(C)N(Cc1nc(C(=O)NCCOC)co1)Cc1ccccc1C. The lowest BCUT2D eigenvalue weighted by Gasteiger charge is -2.27. The highest BCUT2D eigenvalue weighted by Crippen LogP contribution is 2.17. The molecule has 1 heterocycles. The van der Waals surface area contributed by atoms with E-state index in [-0.39, 0.29) is 5.91 Å². The molecule has 6 nitrogen and oxygen atoms in total. The summed E-state index contributed by atoms with van der Waals surface area (Å²) in [6.07, 6.45) is 2.44. The van der Waals surface area contributed by atoms with Gasteiger partial charge in [0.2, 0.25) is 5.89 Å². The van der Waals surface area contributed by atoms with Crippen molar-refractivity contribution in [1.82, 2.24) is 15.2 Å². The molecule has 1 atom stereocenters. The van der Waals surface area contributed by atoms with E-state index in [4.69, 9.17) is 9.15 Å². The molecule has 0 aliphatic rings. The van der Waals surface area contributed by atoms with Gasteiger partial charge in [-0.3, -0.25) is 9.69 Å². The topological polar surface area (TPSA) is 67.6 Å². The minimum atomic E-state index is -0.244. The molecule has 2 aromatic rings. The zero-order valence-corrected chi connectivity index (χ0v) is 16.1. The fraction of sp³-hybridized carbons (Fsp3) is 0.500. The van der Waals surface area contributed by atoms with Crippen LogP contribution < -0.4 is 5.32 Å². The van der Waals surface area contributed by atoms with E-state index in [1.54, 1.807) is 7.11 Å². The first-order valence-corrected chi connectivity index (χ1v) is 9.05. The number of hydrogen-bond donors (Lipinski definition) is 1. The third-order valence-corrected chi connectivity index (χ3v) is 4.56. The van der Waals surface area contributed by atoms with E-state index in [0.717, 1.165) is 13.0 Å². The second-order valence-corrected chi connectivity index (χ2v) is 6.46. The number of nitrogens with one attached hydrogen (secondary N) is 1. The van der Waals surface area contributed by atoms with Crippen molar-refractivity contribution in [2.24, 2.45) is 0 Å². The number of oxazole rings is 1. The number of rotatable bonds is 10. The Morgan fingerprint density at radius 1 is 1.35 bits per heavy atom. The molecule has 2 rings (SSSR count). The molecule has 0 saturated carbocycles. The Hall–Kier alpha value is -2.18. The van der Waals surface area contributed by atoms with Crippen LogP contribution in [0.3, 0.4) is 0 Å². The van der Waals surface area contributed by atoms with Crippen molar-refractivity contribution in [3.05, 3.63) is 53.2 Å². The highest BCUT2D eigenvalue weighted by molar-refractivity contribution is 5.91. The molecule has 1 amide bonds. The van der Waals surface area contributed by atoms with E-state index in [0.29, 0.717) is 37.3 Å². The van der Waals surface area contributed by atoms with Crippen LogP contribution in [0.4, 0.5) is 0 Å². The molecular formula is C20H29N3O3. The standard InChI is InChI=1S/C20H29N3O3/c1-5-16(3)23(12-17-9-7-6-8-15(17)2)13-19-22-18(14-26-19)20(24)21-10-11-25-4/h6-9,14,16H,5,10-13H2,1-4H3,(H,21,24). The summed E-state index contributed by atoms with van der Waals surface area (Å²) in [6, 6.07) is 8.76. The van der Waals surface area contributed by atoms with Crippen LogP contribution in [-0.2, 0) is 17.8 Å². The van der Waals surface area contributed by atoms with E-state index >= 15 is 0 Å². The Morgan fingerprint density at radius 3 is 2.81 bits per heavy atom. The summed E-state index contributed by atoms with van der Waals surface area (Å²) in [7, 11) is 1.60. The fourth-order valence-corrected chi connectivity index (χ4v) is 2.65. The molecule has 26 heavy (non-hydrogen) atoms. The smallest absolute Gasteiger partial charge is 0.273 e. The molecule has 0 aliphatic carbocycles. The number of carbonyl (C=O) groups excluding carboxylic acids is 1. The summed E-state index contributed by atoms with van der Waals surface area (Å²) < 4.78 is 10.5. The van der Waals surface area contributed by atoms with Gasteiger partial charge in [0.25, 0.3) is 5.91 Å². The summed E-state index contributed by atoms with van der Waals surface area (Å²) in [5.74, 6) is 0.307. The Kier molecular flexibility index (Phi) is 7.81. The number of carbonyl (C=O) groups is 1. The molecule has 1 aromatic carbocycles. The number of benzene rings is 1. The molecule has 142 valence electrons. The monoisotopic (exact) mass is 359 g/mol. The van der Waals surface area contributed by atoms with Gasteiger partial charge >= 0.3 is 0 Å². The lowest BCUT2D eigenvalue weighted by atomic mass is 10.1. The summed E-state index contributed by atoms with van der Waals surface area (Å²) in [5.41, 5.74) is 2.86. The molecular weight excluding hydrogens is 330 g/mol. The number of aryl methyl sites for hydroxylation is 1. The predicted molar refractivity (Wildman–Crippen MR) is 101 cm³/mol.